The molecule has 2 aromatic carbocycles. The molecule has 10 nitrogen and oxygen atoms in total. The minimum atomic E-state index is -0.936. The van der Waals surface area contributed by atoms with Gasteiger partial charge in [0.15, 0.2) is 0 Å². The number of carbonyl (C=O) groups is 4. The van der Waals surface area contributed by atoms with E-state index in [1.165, 1.54) is 30.6 Å². The largest absolute Gasteiger partial charge is 0.491 e. The van der Waals surface area contributed by atoms with Crippen molar-refractivity contribution in [3.63, 3.8) is 0 Å². The molecule has 0 saturated carbocycles. The van der Waals surface area contributed by atoms with Crippen molar-refractivity contribution in [2.24, 2.45) is 5.92 Å². The van der Waals surface area contributed by atoms with Crippen LogP contribution in [0.5, 0.6) is 5.75 Å². The van der Waals surface area contributed by atoms with Crippen molar-refractivity contribution in [1.29, 1.82) is 0 Å². The average molecular weight is 620 g/mol. The van der Waals surface area contributed by atoms with Gasteiger partial charge in [-0.3, -0.25) is 19.2 Å². The Morgan fingerprint density at radius 1 is 0.956 bits per heavy atom. The van der Waals surface area contributed by atoms with Gasteiger partial charge in [-0.15, -0.1) is 0 Å². The molecule has 0 unspecified atom stereocenters. The van der Waals surface area contributed by atoms with Gasteiger partial charge in [0.2, 0.25) is 17.7 Å². The summed E-state index contributed by atoms with van der Waals surface area (Å²) in [6.07, 6.45) is 5.84. The Labute approximate surface area is 267 Å². The van der Waals surface area contributed by atoms with Crippen LogP contribution in [0.15, 0.2) is 54.6 Å². The van der Waals surface area contributed by atoms with Crippen LogP contribution >= 0.6 is 0 Å². The lowest BCUT2D eigenvalue weighted by atomic mass is 10.1. The highest BCUT2D eigenvalue weighted by molar-refractivity contribution is 5.99. The summed E-state index contributed by atoms with van der Waals surface area (Å²) >= 11 is 0. The topological polar surface area (TPSA) is 120 Å². The summed E-state index contributed by atoms with van der Waals surface area (Å²) in [5, 5.41) is 8.88. The molecule has 2 heterocycles. The number of likely N-dealkylation sites (tertiary alicyclic amines) is 1. The van der Waals surface area contributed by atoms with Gasteiger partial charge in [0.25, 0.3) is 5.91 Å². The SMILES string of the molecule is CC(C)[C@H]1COc2ccccc2C(=O)N[C@H](C(=O)NCCCN2CCCCCC2)CCC(=O)N(Cc2ccccc2)CC(=O)N1. The lowest BCUT2D eigenvalue weighted by Crippen LogP contribution is -2.48. The van der Waals surface area contributed by atoms with Crippen LogP contribution in [0.3, 0.4) is 0 Å². The maximum Gasteiger partial charge on any atom is 0.255 e. The van der Waals surface area contributed by atoms with Crippen molar-refractivity contribution in [1.82, 2.24) is 25.8 Å². The normalized spacial score (nSPS) is 21.0. The fourth-order valence-corrected chi connectivity index (χ4v) is 5.75. The van der Waals surface area contributed by atoms with Crippen molar-refractivity contribution >= 4 is 23.6 Å². The summed E-state index contributed by atoms with van der Waals surface area (Å²) in [5.74, 6) is -0.946. The molecular formula is C35H49N5O5. The third kappa shape index (κ3) is 10.9. The van der Waals surface area contributed by atoms with Crippen LogP contribution in [-0.2, 0) is 20.9 Å². The molecule has 244 valence electrons. The predicted molar refractivity (Wildman–Crippen MR) is 174 cm³/mol. The third-order valence-electron chi connectivity index (χ3n) is 8.52. The molecule has 2 aromatic rings. The zero-order valence-corrected chi connectivity index (χ0v) is 26.8. The van der Waals surface area contributed by atoms with E-state index in [4.69, 9.17) is 4.74 Å². The molecule has 10 heteroatoms. The second-order valence-corrected chi connectivity index (χ2v) is 12.4. The van der Waals surface area contributed by atoms with E-state index < -0.39 is 11.9 Å². The van der Waals surface area contributed by atoms with Crippen LogP contribution in [0.4, 0.5) is 0 Å². The van der Waals surface area contributed by atoms with Gasteiger partial charge < -0.3 is 30.5 Å². The highest BCUT2D eigenvalue weighted by Gasteiger charge is 2.28. The van der Waals surface area contributed by atoms with Crippen LogP contribution < -0.4 is 20.7 Å². The van der Waals surface area contributed by atoms with Crippen LogP contribution in [-0.4, -0.2) is 84.8 Å². The van der Waals surface area contributed by atoms with Gasteiger partial charge in [0, 0.05) is 19.5 Å². The Hall–Kier alpha value is -3.92. The Bertz CT molecular complexity index is 1260. The van der Waals surface area contributed by atoms with E-state index in [-0.39, 0.29) is 67.8 Å². The molecular weight excluding hydrogens is 570 g/mol. The quantitative estimate of drug-likeness (QED) is 0.389. The highest BCUT2D eigenvalue weighted by atomic mass is 16.5. The average Bonchev–Trinajstić information content (AvgIpc) is 3.31. The fraction of sp³-hybridized carbons (Fsp3) is 0.543. The number of nitrogens with zero attached hydrogens (tertiary/aromatic N) is 2. The first-order valence-electron chi connectivity index (χ1n) is 16.4. The first kappa shape index (κ1) is 34.0. The number of fused-ring (bicyclic) bond motifs is 1. The molecule has 0 aromatic heterocycles. The van der Waals surface area contributed by atoms with Crippen molar-refractivity contribution in [2.45, 2.75) is 77.4 Å². The summed E-state index contributed by atoms with van der Waals surface area (Å²) in [4.78, 5) is 57.8. The second kappa shape index (κ2) is 17.5. The van der Waals surface area contributed by atoms with Crippen LogP contribution in [0.25, 0.3) is 0 Å². The van der Waals surface area contributed by atoms with Gasteiger partial charge in [0.05, 0.1) is 18.2 Å². The minimum Gasteiger partial charge on any atom is -0.491 e. The maximum absolute atomic E-state index is 13.6. The Morgan fingerprint density at radius 3 is 2.40 bits per heavy atom. The van der Waals surface area contributed by atoms with E-state index >= 15 is 0 Å². The molecule has 1 saturated heterocycles. The number of nitrogens with one attached hydrogen (secondary N) is 3. The second-order valence-electron chi connectivity index (χ2n) is 12.4. The maximum atomic E-state index is 13.6. The highest BCUT2D eigenvalue weighted by Crippen LogP contribution is 2.20. The number of para-hydroxylation sites is 1. The minimum absolute atomic E-state index is 0.0159. The number of hydrogen-bond donors (Lipinski definition) is 3. The van der Waals surface area contributed by atoms with Gasteiger partial charge in [0.1, 0.15) is 18.4 Å². The number of amides is 4. The predicted octanol–water partition coefficient (Wildman–Crippen LogP) is 3.51. The Kier molecular flexibility index (Phi) is 13.2. The van der Waals surface area contributed by atoms with Gasteiger partial charge in [-0.25, -0.2) is 0 Å². The van der Waals surface area contributed by atoms with Gasteiger partial charge in [-0.2, -0.15) is 0 Å². The van der Waals surface area contributed by atoms with E-state index in [0.29, 0.717) is 12.3 Å². The van der Waals surface area contributed by atoms with Crippen LogP contribution in [0.1, 0.15) is 74.7 Å². The molecule has 2 aliphatic rings. The molecule has 2 aliphatic heterocycles. The first-order valence-corrected chi connectivity index (χ1v) is 16.4. The number of hydrogen-bond acceptors (Lipinski definition) is 6. The van der Waals surface area contributed by atoms with E-state index in [1.54, 1.807) is 24.3 Å². The molecule has 45 heavy (non-hydrogen) atoms. The molecule has 1 fully saturated rings. The number of rotatable bonds is 8. The van der Waals surface area contributed by atoms with Crippen molar-refractivity contribution in [3.8, 4) is 5.75 Å². The summed E-state index contributed by atoms with van der Waals surface area (Å²) < 4.78 is 6.08. The fourth-order valence-electron chi connectivity index (χ4n) is 5.75. The van der Waals surface area contributed by atoms with Gasteiger partial charge >= 0.3 is 0 Å². The van der Waals surface area contributed by atoms with Crippen LogP contribution in [0.2, 0.25) is 0 Å². The van der Waals surface area contributed by atoms with Gasteiger partial charge in [-0.1, -0.05) is 69.2 Å². The zero-order chi connectivity index (χ0) is 32.0. The summed E-state index contributed by atoms with van der Waals surface area (Å²) in [5.41, 5.74) is 1.18. The first-order chi connectivity index (χ1) is 21.8. The summed E-state index contributed by atoms with van der Waals surface area (Å²) in [6.45, 7) is 7.78. The number of benzene rings is 2. The molecule has 2 atom stereocenters. The van der Waals surface area contributed by atoms with E-state index in [9.17, 15) is 19.2 Å². The zero-order valence-electron chi connectivity index (χ0n) is 26.8. The molecule has 4 amide bonds. The monoisotopic (exact) mass is 619 g/mol. The van der Waals surface area contributed by atoms with E-state index in [1.807, 2.05) is 44.2 Å². The molecule has 0 radical (unpaired) electrons. The van der Waals surface area contributed by atoms with Crippen molar-refractivity contribution < 1.29 is 23.9 Å². The third-order valence-corrected chi connectivity index (χ3v) is 8.52. The van der Waals surface area contributed by atoms with E-state index in [0.717, 1.165) is 31.6 Å². The number of carbonyl (C=O) groups excluding carboxylic acids is 4. The van der Waals surface area contributed by atoms with Crippen molar-refractivity contribution in [3.05, 3.63) is 65.7 Å². The lowest BCUT2D eigenvalue weighted by molar-refractivity contribution is -0.137. The Balaban J connectivity index is 1.51. The van der Waals surface area contributed by atoms with Crippen LogP contribution in [0, 0.1) is 5.92 Å². The summed E-state index contributed by atoms with van der Waals surface area (Å²) in [7, 11) is 0. The smallest absolute Gasteiger partial charge is 0.255 e. The number of ether oxygens (including phenoxy) is 1. The Morgan fingerprint density at radius 2 is 1.67 bits per heavy atom. The standard InChI is InChI=1S/C35H49N5O5/c1-26(2)30-25-45-31-16-9-8-15-28(31)34(43)38-29(35(44)36-19-12-22-39-20-10-3-4-11-21-39)17-18-33(42)40(24-32(41)37-30)23-27-13-6-5-7-14-27/h5-9,13-16,26,29-30H,3-4,10-12,17-25H2,1-2H3,(H,36,44)(H,37,41)(H,38,43)/t29-,30+/m0/s1. The lowest BCUT2D eigenvalue weighted by Gasteiger charge is -2.26. The molecule has 3 N–H and O–H groups in total. The molecule has 0 aliphatic carbocycles. The molecule has 4 rings (SSSR count). The van der Waals surface area contributed by atoms with Gasteiger partial charge in [-0.05, 0) is 68.9 Å². The van der Waals surface area contributed by atoms with Crippen molar-refractivity contribution in [2.75, 3.05) is 39.3 Å². The summed E-state index contributed by atoms with van der Waals surface area (Å²) in [6, 6.07) is 15.1. The van der Waals surface area contributed by atoms with E-state index in [2.05, 4.69) is 20.9 Å². The molecule has 0 spiro atoms. The molecule has 0 bridgehead atoms.